The molecule has 0 bridgehead atoms. The van der Waals surface area contributed by atoms with E-state index in [4.69, 9.17) is 23.7 Å². The summed E-state index contributed by atoms with van der Waals surface area (Å²) < 4.78 is 28.7. The zero-order chi connectivity index (χ0) is 23.5. The molecule has 3 rings (SSSR count). The van der Waals surface area contributed by atoms with Gasteiger partial charge in [0.2, 0.25) is 0 Å². The first kappa shape index (κ1) is 24.3. The SMILES string of the molecule is COCOc1cc(O)cc2c1C(=O)O[C@@H](C)[C@H](C)/C=C\[C@@H](C)[C@H]1OC(C)(C)O[C@H]1C/C=C/2. The molecule has 1 aromatic carbocycles. The van der Waals surface area contributed by atoms with Crippen LogP contribution in [0.5, 0.6) is 11.5 Å². The summed E-state index contributed by atoms with van der Waals surface area (Å²) in [4.78, 5) is 13.1. The van der Waals surface area contributed by atoms with Crippen LogP contribution in [-0.4, -0.2) is 49.1 Å². The van der Waals surface area contributed by atoms with Crippen molar-refractivity contribution in [1.29, 1.82) is 0 Å². The summed E-state index contributed by atoms with van der Waals surface area (Å²) in [7, 11) is 1.48. The number of phenols is 1. The molecule has 0 saturated carbocycles. The quantitative estimate of drug-likeness (QED) is 0.410. The molecule has 2 aliphatic rings. The number of benzene rings is 1. The van der Waals surface area contributed by atoms with Gasteiger partial charge in [-0.05, 0) is 38.8 Å². The highest BCUT2D eigenvalue weighted by Gasteiger charge is 2.42. The molecule has 176 valence electrons. The lowest BCUT2D eigenvalue weighted by Gasteiger charge is -2.23. The first-order chi connectivity index (χ1) is 15.1. The lowest BCUT2D eigenvalue weighted by molar-refractivity contribution is -0.148. The van der Waals surface area contributed by atoms with Gasteiger partial charge in [-0.15, -0.1) is 0 Å². The molecule has 1 saturated heterocycles. The minimum absolute atomic E-state index is 0.0161. The van der Waals surface area contributed by atoms with Crippen LogP contribution in [0.2, 0.25) is 0 Å². The van der Waals surface area contributed by atoms with Gasteiger partial charge in [0.25, 0.3) is 0 Å². The number of hydrogen-bond donors (Lipinski definition) is 1. The maximum atomic E-state index is 13.1. The van der Waals surface area contributed by atoms with E-state index in [0.717, 1.165) is 0 Å². The highest BCUT2D eigenvalue weighted by Crippen LogP contribution is 2.36. The Hall–Kier alpha value is -2.35. The molecule has 0 spiro atoms. The molecule has 5 atom stereocenters. The summed E-state index contributed by atoms with van der Waals surface area (Å²) >= 11 is 0. The van der Waals surface area contributed by atoms with E-state index in [1.807, 2.05) is 33.8 Å². The van der Waals surface area contributed by atoms with Crippen molar-refractivity contribution in [3.05, 3.63) is 41.5 Å². The number of esters is 1. The average molecular weight is 447 g/mol. The van der Waals surface area contributed by atoms with Crippen LogP contribution in [0, 0.1) is 11.8 Å². The maximum Gasteiger partial charge on any atom is 0.342 e. The third-order valence-electron chi connectivity index (χ3n) is 5.81. The van der Waals surface area contributed by atoms with E-state index in [2.05, 4.69) is 19.1 Å². The van der Waals surface area contributed by atoms with Crippen LogP contribution in [0.15, 0.2) is 30.4 Å². The van der Waals surface area contributed by atoms with Gasteiger partial charge in [0.15, 0.2) is 12.6 Å². The van der Waals surface area contributed by atoms with Crippen LogP contribution < -0.4 is 4.74 Å². The molecule has 7 heteroatoms. The number of methoxy groups -OCH3 is 1. The van der Waals surface area contributed by atoms with Gasteiger partial charge in [-0.2, -0.15) is 0 Å². The van der Waals surface area contributed by atoms with Gasteiger partial charge in [0.1, 0.15) is 23.2 Å². The molecular formula is C25H34O7. The molecule has 2 heterocycles. The summed E-state index contributed by atoms with van der Waals surface area (Å²) in [6.45, 7) is 9.72. The summed E-state index contributed by atoms with van der Waals surface area (Å²) in [6, 6.07) is 2.90. The number of rotatable bonds is 3. The monoisotopic (exact) mass is 446 g/mol. The second-order valence-corrected chi connectivity index (χ2v) is 8.95. The second kappa shape index (κ2) is 10.1. The van der Waals surface area contributed by atoms with E-state index in [-0.39, 0.29) is 54.0 Å². The van der Waals surface area contributed by atoms with Crippen LogP contribution in [0.3, 0.4) is 0 Å². The number of carbonyl (C=O) groups is 1. The van der Waals surface area contributed by atoms with E-state index in [9.17, 15) is 9.90 Å². The number of phenolic OH excluding ortho intramolecular Hbond substituents is 1. The summed E-state index contributed by atoms with van der Waals surface area (Å²) in [5.74, 6) is -0.911. The fourth-order valence-corrected chi connectivity index (χ4v) is 3.98. The Morgan fingerprint density at radius 1 is 1.12 bits per heavy atom. The Bertz CT molecular complexity index is 873. The topological polar surface area (TPSA) is 83.5 Å². The zero-order valence-electron chi connectivity index (χ0n) is 19.7. The normalized spacial score (nSPS) is 32.2. The number of cyclic esters (lactones) is 1. The Kier molecular flexibility index (Phi) is 7.64. The van der Waals surface area contributed by atoms with E-state index in [1.54, 1.807) is 6.08 Å². The number of ether oxygens (including phenoxy) is 5. The van der Waals surface area contributed by atoms with Crippen molar-refractivity contribution in [2.24, 2.45) is 11.8 Å². The lowest BCUT2D eigenvalue weighted by atomic mass is 9.94. The Labute approximate surface area is 189 Å². The Morgan fingerprint density at radius 3 is 2.56 bits per heavy atom. The van der Waals surface area contributed by atoms with Crippen molar-refractivity contribution >= 4 is 12.0 Å². The van der Waals surface area contributed by atoms with Gasteiger partial charge in [-0.3, -0.25) is 0 Å². The molecule has 7 nitrogen and oxygen atoms in total. The van der Waals surface area contributed by atoms with Crippen molar-refractivity contribution in [1.82, 2.24) is 0 Å². The summed E-state index contributed by atoms with van der Waals surface area (Å²) in [5.41, 5.74) is 0.737. The highest BCUT2D eigenvalue weighted by molar-refractivity contribution is 5.97. The first-order valence-corrected chi connectivity index (χ1v) is 11.0. The zero-order valence-corrected chi connectivity index (χ0v) is 19.7. The average Bonchev–Trinajstić information content (AvgIpc) is 3.03. The number of hydrogen-bond acceptors (Lipinski definition) is 7. The number of carbonyl (C=O) groups excluding carboxylic acids is 1. The Morgan fingerprint density at radius 2 is 1.84 bits per heavy atom. The molecule has 0 amide bonds. The van der Waals surface area contributed by atoms with Gasteiger partial charge < -0.3 is 28.8 Å². The van der Waals surface area contributed by atoms with Crippen LogP contribution in [0.1, 0.15) is 57.0 Å². The van der Waals surface area contributed by atoms with E-state index in [1.165, 1.54) is 19.2 Å². The molecule has 1 aromatic rings. The fraction of sp³-hybridized carbons (Fsp3) is 0.560. The number of fused-ring (bicyclic) bond motifs is 2. The number of aromatic hydroxyl groups is 1. The largest absolute Gasteiger partial charge is 0.508 e. The third-order valence-corrected chi connectivity index (χ3v) is 5.81. The minimum atomic E-state index is -0.672. The van der Waals surface area contributed by atoms with Gasteiger partial charge in [0, 0.05) is 25.0 Å². The van der Waals surface area contributed by atoms with E-state index < -0.39 is 11.8 Å². The molecule has 2 aliphatic heterocycles. The lowest BCUT2D eigenvalue weighted by Crippen LogP contribution is -2.29. The molecule has 0 radical (unpaired) electrons. The van der Waals surface area contributed by atoms with Crippen LogP contribution in [0.4, 0.5) is 0 Å². The molecule has 0 unspecified atom stereocenters. The Balaban J connectivity index is 2.04. The second-order valence-electron chi connectivity index (χ2n) is 8.95. The highest BCUT2D eigenvalue weighted by atomic mass is 16.8. The van der Waals surface area contributed by atoms with E-state index in [0.29, 0.717) is 12.0 Å². The van der Waals surface area contributed by atoms with Crippen molar-refractivity contribution < 1.29 is 33.6 Å². The first-order valence-electron chi connectivity index (χ1n) is 11.0. The standard InChI is InChI=1S/C25H34O7/c1-15-10-11-16(2)23-20(31-25(4,5)32-23)9-7-8-18-12-19(26)13-21(29-14-28-6)22(18)24(27)30-17(15)3/h7-8,10-13,15-17,20,23,26H,9,14H2,1-6H3/b8-7+,11-10-/t15-,16-,17+,20+,23-/m1/s1. The van der Waals surface area contributed by atoms with Crippen molar-refractivity contribution in [3.63, 3.8) is 0 Å². The van der Waals surface area contributed by atoms with Crippen LogP contribution >= 0.6 is 0 Å². The van der Waals surface area contributed by atoms with E-state index >= 15 is 0 Å². The van der Waals surface area contributed by atoms with Gasteiger partial charge >= 0.3 is 5.97 Å². The molecule has 1 N–H and O–H groups in total. The predicted molar refractivity (Wildman–Crippen MR) is 120 cm³/mol. The summed E-state index contributed by atoms with van der Waals surface area (Å²) in [6.07, 6.45) is 7.81. The predicted octanol–water partition coefficient (Wildman–Crippen LogP) is 4.69. The van der Waals surface area contributed by atoms with Crippen molar-refractivity contribution in [2.75, 3.05) is 13.9 Å². The van der Waals surface area contributed by atoms with Crippen molar-refractivity contribution in [2.45, 2.75) is 65.1 Å². The smallest absolute Gasteiger partial charge is 0.342 e. The minimum Gasteiger partial charge on any atom is -0.508 e. The third kappa shape index (κ3) is 5.71. The molecule has 0 aliphatic carbocycles. The van der Waals surface area contributed by atoms with Gasteiger partial charge in [-0.25, -0.2) is 4.79 Å². The molecule has 1 fully saturated rings. The van der Waals surface area contributed by atoms with Crippen LogP contribution in [0.25, 0.3) is 6.08 Å². The van der Waals surface area contributed by atoms with Gasteiger partial charge in [0.05, 0.1) is 12.2 Å². The van der Waals surface area contributed by atoms with Gasteiger partial charge in [-0.1, -0.05) is 38.2 Å². The summed E-state index contributed by atoms with van der Waals surface area (Å²) in [5, 5.41) is 10.2. The maximum absolute atomic E-state index is 13.1. The van der Waals surface area contributed by atoms with Crippen LogP contribution in [-0.2, 0) is 18.9 Å². The fourth-order valence-electron chi connectivity index (χ4n) is 3.98. The molecule has 0 aromatic heterocycles. The molecular weight excluding hydrogens is 412 g/mol. The van der Waals surface area contributed by atoms with Crippen molar-refractivity contribution in [3.8, 4) is 11.5 Å². The molecule has 32 heavy (non-hydrogen) atoms.